The minimum Gasteiger partial charge on any atom is -0.456 e. The molecule has 1 spiro atoms. The summed E-state index contributed by atoms with van der Waals surface area (Å²) in [6, 6.07) is 72.1. The van der Waals surface area contributed by atoms with E-state index in [2.05, 4.69) is 194 Å². The molecule has 258 valence electrons. The Morgan fingerprint density at radius 1 is 0.286 bits per heavy atom. The molecule has 1 heteroatoms. The quantitative estimate of drug-likeness (QED) is 0.174. The fourth-order valence-electron chi connectivity index (χ4n) is 10.4. The molecule has 2 aliphatic rings. The Bertz CT molecular complexity index is 3420. The Kier molecular flexibility index (Phi) is 5.89. The Morgan fingerprint density at radius 2 is 0.732 bits per heavy atom. The molecule has 0 fully saturated rings. The van der Waals surface area contributed by atoms with Gasteiger partial charge in [-0.1, -0.05) is 152 Å². The number of hydrogen-bond acceptors (Lipinski definition) is 1. The van der Waals surface area contributed by atoms with Gasteiger partial charge in [0, 0.05) is 10.8 Å². The lowest BCUT2D eigenvalue weighted by Crippen LogP contribution is -2.26. The van der Waals surface area contributed by atoms with Crippen LogP contribution in [0.25, 0.3) is 98.8 Å². The zero-order valence-corrected chi connectivity index (χ0v) is 30.4. The molecule has 2 aliphatic carbocycles. The molecular formula is C55H32O. The van der Waals surface area contributed by atoms with Crippen LogP contribution in [-0.4, -0.2) is 0 Å². The van der Waals surface area contributed by atoms with E-state index in [1.807, 2.05) is 0 Å². The first-order valence-electron chi connectivity index (χ1n) is 19.5. The van der Waals surface area contributed by atoms with Crippen molar-refractivity contribution in [3.63, 3.8) is 0 Å². The highest BCUT2D eigenvalue weighted by molar-refractivity contribution is 6.11. The number of rotatable bonds is 2. The second-order valence-corrected chi connectivity index (χ2v) is 15.6. The van der Waals surface area contributed by atoms with Crippen molar-refractivity contribution in [3.05, 3.63) is 216 Å². The Balaban J connectivity index is 0.907. The summed E-state index contributed by atoms with van der Waals surface area (Å²) >= 11 is 0. The van der Waals surface area contributed by atoms with Gasteiger partial charge in [0.15, 0.2) is 0 Å². The molecule has 11 aromatic rings. The third kappa shape index (κ3) is 3.94. The van der Waals surface area contributed by atoms with Crippen LogP contribution in [0.4, 0.5) is 0 Å². The molecular weight excluding hydrogens is 677 g/mol. The van der Waals surface area contributed by atoms with E-state index >= 15 is 0 Å². The second-order valence-electron chi connectivity index (χ2n) is 15.6. The molecule has 0 atom stereocenters. The summed E-state index contributed by atoms with van der Waals surface area (Å²) in [7, 11) is 0. The third-order valence-corrected chi connectivity index (χ3v) is 12.8. The predicted molar refractivity (Wildman–Crippen MR) is 233 cm³/mol. The second kappa shape index (κ2) is 10.9. The highest BCUT2D eigenvalue weighted by Crippen LogP contribution is 2.64. The fourth-order valence-corrected chi connectivity index (χ4v) is 10.4. The first kappa shape index (κ1) is 30.1. The lowest BCUT2D eigenvalue weighted by Gasteiger charge is -2.31. The minimum atomic E-state index is -0.357. The van der Waals surface area contributed by atoms with Crippen LogP contribution in [-0.2, 0) is 5.41 Å². The lowest BCUT2D eigenvalue weighted by atomic mass is 9.69. The van der Waals surface area contributed by atoms with Gasteiger partial charge in [-0.3, -0.25) is 0 Å². The van der Waals surface area contributed by atoms with Crippen LogP contribution in [0, 0.1) is 0 Å². The van der Waals surface area contributed by atoms with Gasteiger partial charge in [-0.15, -0.1) is 0 Å². The van der Waals surface area contributed by atoms with E-state index in [1.54, 1.807) is 0 Å². The van der Waals surface area contributed by atoms with Crippen LogP contribution in [0.5, 0.6) is 0 Å². The zero-order chi connectivity index (χ0) is 36.5. The van der Waals surface area contributed by atoms with Gasteiger partial charge < -0.3 is 4.42 Å². The molecule has 1 heterocycles. The molecule has 1 nitrogen and oxygen atoms in total. The van der Waals surface area contributed by atoms with E-state index in [0.29, 0.717) is 0 Å². The number of furan rings is 1. The van der Waals surface area contributed by atoms with Crippen LogP contribution in [0.1, 0.15) is 22.3 Å². The third-order valence-electron chi connectivity index (χ3n) is 12.8. The summed E-state index contributed by atoms with van der Waals surface area (Å²) in [6.07, 6.45) is 0. The molecule has 0 radical (unpaired) electrons. The van der Waals surface area contributed by atoms with Gasteiger partial charge in [0.25, 0.3) is 0 Å². The van der Waals surface area contributed by atoms with Gasteiger partial charge in [0.2, 0.25) is 0 Å². The zero-order valence-electron chi connectivity index (χ0n) is 30.4. The summed E-state index contributed by atoms with van der Waals surface area (Å²) in [4.78, 5) is 0. The maximum Gasteiger partial charge on any atom is 0.136 e. The smallest absolute Gasteiger partial charge is 0.136 e. The predicted octanol–water partition coefficient (Wildman–Crippen LogP) is 14.7. The Hall–Kier alpha value is -7.22. The van der Waals surface area contributed by atoms with Crippen molar-refractivity contribution in [2.45, 2.75) is 5.41 Å². The molecule has 10 aromatic carbocycles. The van der Waals surface area contributed by atoms with E-state index in [4.69, 9.17) is 4.42 Å². The van der Waals surface area contributed by atoms with E-state index < -0.39 is 0 Å². The van der Waals surface area contributed by atoms with E-state index in [9.17, 15) is 0 Å². The number of hydrogen-bond donors (Lipinski definition) is 0. The van der Waals surface area contributed by atoms with Gasteiger partial charge in [-0.2, -0.15) is 0 Å². The largest absolute Gasteiger partial charge is 0.456 e. The maximum atomic E-state index is 6.40. The van der Waals surface area contributed by atoms with Crippen molar-refractivity contribution in [1.29, 1.82) is 0 Å². The Labute approximate surface area is 323 Å². The maximum absolute atomic E-state index is 6.40. The SMILES string of the molecule is c1ccc2c(c1)-c1ccccc1C21c2ccccc2-c2ccc3cc(-c4ccc5cc(-c6ccc7c(c6)oc6cc8ccccc8cc67)ccc5c4)ccc3c21. The topological polar surface area (TPSA) is 13.1 Å². The Morgan fingerprint density at radius 3 is 1.38 bits per heavy atom. The van der Waals surface area contributed by atoms with Crippen molar-refractivity contribution in [2.24, 2.45) is 0 Å². The highest BCUT2D eigenvalue weighted by atomic mass is 16.3. The average Bonchev–Trinajstić information content (AvgIpc) is 3.88. The normalized spacial score (nSPS) is 13.5. The average molecular weight is 709 g/mol. The molecule has 0 unspecified atom stereocenters. The number of fused-ring (bicyclic) bond motifs is 17. The number of benzene rings is 10. The van der Waals surface area contributed by atoms with Gasteiger partial charge in [-0.25, -0.2) is 0 Å². The van der Waals surface area contributed by atoms with Crippen LogP contribution in [0.2, 0.25) is 0 Å². The summed E-state index contributed by atoms with van der Waals surface area (Å²) in [5, 5.41) is 9.76. The molecule has 0 saturated carbocycles. The van der Waals surface area contributed by atoms with Crippen LogP contribution in [0.3, 0.4) is 0 Å². The van der Waals surface area contributed by atoms with Gasteiger partial charge >= 0.3 is 0 Å². The van der Waals surface area contributed by atoms with Crippen molar-refractivity contribution in [3.8, 4) is 44.5 Å². The van der Waals surface area contributed by atoms with E-state index in [1.165, 1.54) is 93.5 Å². The molecule has 13 rings (SSSR count). The molecule has 1 aromatic heterocycles. The van der Waals surface area contributed by atoms with Crippen LogP contribution in [0.15, 0.2) is 199 Å². The molecule has 0 saturated heterocycles. The lowest BCUT2D eigenvalue weighted by molar-refractivity contribution is 0.669. The first-order valence-corrected chi connectivity index (χ1v) is 19.5. The monoisotopic (exact) mass is 708 g/mol. The van der Waals surface area contributed by atoms with Gasteiger partial charge in [0.1, 0.15) is 11.2 Å². The summed E-state index contributed by atoms with van der Waals surface area (Å²) in [5.41, 5.74) is 17.2. The minimum absolute atomic E-state index is 0.357. The highest BCUT2D eigenvalue weighted by Gasteiger charge is 2.52. The van der Waals surface area contributed by atoms with Crippen molar-refractivity contribution in [1.82, 2.24) is 0 Å². The molecule has 0 bridgehead atoms. The summed E-state index contributed by atoms with van der Waals surface area (Å²) in [6.45, 7) is 0. The summed E-state index contributed by atoms with van der Waals surface area (Å²) < 4.78 is 6.40. The van der Waals surface area contributed by atoms with E-state index in [0.717, 1.165) is 27.5 Å². The van der Waals surface area contributed by atoms with Crippen molar-refractivity contribution >= 4 is 54.3 Å². The molecule has 0 aliphatic heterocycles. The molecule has 0 amide bonds. The standard InChI is InChI=1S/C55H32O/c1-2-10-34-31-53-48(30-33(34)9-1)46-25-22-40(32-52(46)56-53)38-20-19-35-27-37(18-17-36(35)28-38)39-21-24-42-41(29-39)23-26-47-45-13-5-8-16-51(45)55(54(42)47)49-14-6-3-11-43(49)44-12-4-7-15-50(44)55/h1-32H. The van der Waals surface area contributed by atoms with Gasteiger partial charge in [-0.05, 0) is 142 Å². The van der Waals surface area contributed by atoms with E-state index in [-0.39, 0.29) is 5.41 Å². The van der Waals surface area contributed by atoms with Crippen molar-refractivity contribution in [2.75, 3.05) is 0 Å². The molecule has 0 N–H and O–H groups in total. The molecule has 56 heavy (non-hydrogen) atoms. The van der Waals surface area contributed by atoms with Crippen molar-refractivity contribution < 1.29 is 4.42 Å². The summed E-state index contributed by atoms with van der Waals surface area (Å²) in [5.74, 6) is 0. The van der Waals surface area contributed by atoms with Gasteiger partial charge in [0.05, 0.1) is 5.41 Å². The van der Waals surface area contributed by atoms with Crippen LogP contribution < -0.4 is 0 Å². The fraction of sp³-hybridized carbons (Fsp3) is 0.0182. The van der Waals surface area contributed by atoms with Crippen LogP contribution >= 0.6 is 0 Å². The first-order chi connectivity index (χ1) is 27.7.